The van der Waals surface area contributed by atoms with Gasteiger partial charge in [-0.05, 0) is 57.4 Å². The first-order chi connectivity index (χ1) is 14.1. The van der Waals surface area contributed by atoms with E-state index in [1.807, 2.05) is 26.8 Å². The van der Waals surface area contributed by atoms with Crippen LogP contribution in [0.2, 0.25) is 0 Å². The molecule has 1 atom stereocenters. The number of ether oxygens (including phenoxy) is 1. The molecule has 0 spiro atoms. The molecule has 30 heavy (non-hydrogen) atoms. The predicted octanol–water partition coefficient (Wildman–Crippen LogP) is 3.74. The lowest BCUT2D eigenvalue weighted by atomic mass is 10.0. The molecular weight excluding hydrogens is 395 g/mol. The molecule has 1 unspecified atom stereocenters. The van der Waals surface area contributed by atoms with Gasteiger partial charge < -0.3 is 15.4 Å². The molecule has 2 aromatic rings. The van der Waals surface area contributed by atoms with E-state index in [9.17, 15) is 13.2 Å². The highest BCUT2D eigenvalue weighted by atomic mass is 19.4. The Morgan fingerprint density at radius 2 is 2.03 bits per heavy atom. The van der Waals surface area contributed by atoms with Crippen LogP contribution in [-0.2, 0) is 17.5 Å². The number of hydrogen-bond acceptors (Lipinski definition) is 3. The Labute approximate surface area is 174 Å². The average Bonchev–Trinajstić information content (AvgIpc) is 3.26. The molecule has 2 heterocycles. The minimum Gasteiger partial charge on any atom is -0.373 e. The summed E-state index contributed by atoms with van der Waals surface area (Å²) in [6, 6.07) is 6.10. The predicted molar refractivity (Wildman–Crippen MR) is 110 cm³/mol. The summed E-state index contributed by atoms with van der Waals surface area (Å²) in [7, 11) is 1.59. The molecule has 0 saturated carbocycles. The summed E-state index contributed by atoms with van der Waals surface area (Å²) in [5.74, 6) is 0.433. The van der Waals surface area contributed by atoms with Gasteiger partial charge in [-0.3, -0.25) is 4.99 Å². The largest absolute Gasteiger partial charge is 0.416 e. The summed E-state index contributed by atoms with van der Waals surface area (Å²) in [4.78, 5) is 4.11. The van der Waals surface area contributed by atoms with Crippen LogP contribution in [0.15, 0.2) is 29.3 Å². The van der Waals surface area contributed by atoms with Crippen molar-refractivity contribution in [2.75, 3.05) is 20.2 Å². The van der Waals surface area contributed by atoms with Crippen molar-refractivity contribution in [3.05, 3.63) is 46.8 Å². The second-order valence-corrected chi connectivity index (χ2v) is 7.86. The minimum atomic E-state index is -4.48. The van der Waals surface area contributed by atoms with Crippen molar-refractivity contribution >= 4 is 5.96 Å². The maximum Gasteiger partial charge on any atom is 0.416 e. The molecule has 6 nitrogen and oxygen atoms in total. The van der Waals surface area contributed by atoms with Gasteiger partial charge in [-0.1, -0.05) is 6.07 Å². The third kappa shape index (κ3) is 5.13. The number of aliphatic imine (C=N–C) groups is 1. The maximum atomic E-state index is 13.7. The lowest BCUT2D eigenvalue weighted by molar-refractivity contribution is -0.138. The van der Waals surface area contributed by atoms with Gasteiger partial charge in [-0.2, -0.15) is 18.3 Å². The van der Waals surface area contributed by atoms with Gasteiger partial charge in [0.1, 0.15) is 0 Å². The fourth-order valence-corrected chi connectivity index (χ4v) is 3.65. The number of aromatic nitrogens is 2. The normalized spacial score (nSPS) is 19.9. The van der Waals surface area contributed by atoms with E-state index in [0.29, 0.717) is 18.2 Å². The van der Waals surface area contributed by atoms with Crippen molar-refractivity contribution in [3.8, 4) is 5.69 Å². The average molecular weight is 423 g/mol. The zero-order chi connectivity index (χ0) is 21.9. The zero-order valence-corrected chi connectivity index (χ0v) is 17.7. The monoisotopic (exact) mass is 423 g/mol. The van der Waals surface area contributed by atoms with Gasteiger partial charge in [0.2, 0.25) is 0 Å². The Morgan fingerprint density at radius 1 is 1.27 bits per heavy atom. The topological polar surface area (TPSA) is 63.5 Å². The van der Waals surface area contributed by atoms with Gasteiger partial charge in [0, 0.05) is 32.4 Å². The highest BCUT2D eigenvalue weighted by Crippen LogP contribution is 2.33. The van der Waals surface area contributed by atoms with Crippen LogP contribution in [0.1, 0.15) is 42.3 Å². The molecule has 0 radical (unpaired) electrons. The van der Waals surface area contributed by atoms with Gasteiger partial charge in [-0.25, -0.2) is 4.68 Å². The smallest absolute Gasteiger partial charge is 0.373 e. The van der Waals surface area contributed by atoms with Crippen molar-refractivity contribution in [2.24, 2.45) is 4.99 Å². The second-order valence-electron chi connectivity index (χ2n) is 7.86. The highest BCUT2D eigenvalue weighted by Gasteiger charge is 2.34. The third-order valence-corrected chi connectivity index (χ3v) is 5.25. The highest BCUT2D eigenvalue weighted by molar-refractivity contribution is 5.79. The fourth-order valence-electron chi connectivity index (χ4n) is 3.65. The lowest BCUT2D eigenvalue weighted by Gasteiger charge is -2.25. The summed E-state index contributed by atoms with van der Waals surface area (Å²) in [6.45, 7) is 6.88. The van der Waals surface area contributed by atoms with Crippen molar-refractivity contribution in [2.45, 2.75) is 51.9 Å². The molecule has 0 bridgehead atoms. The molecule has 1 aromatic carbocycles. The Kier molecular flexibility index (Phi) is 6.40. The molecule has 1 fully saturated rings. The van der Waals surface area contributed by atoms with E-state index < -0.39 is 11.7 Å². The third-order valence-electron chi connectivity index (χ3n) is 5.25. The summed E-state index contributed by atoms with van der Waals surface area (Å²) in [6.07, 6.45) is -2.55. The minimum absolute atomic E-state index is 0.0104. The first kappa shape index (κ1) is 22.1. The first-order valence-corrected chi connectivity index (χ1v) is 9.93. The van der Waals surface area contributed by atoms with Crippen molar-refractivity contribution in [1.82, 2.24) is 20.4 Å². The van der Waals surface area contributed by atoms with Crippen LogP contribution in [0.5, 0.6) is 0 Å². The molecule has 1 aliphatic rings. The Balaban J connectivity index is 1.75. The SMILES string of the molecule is CN=C(NCc1ccc(-n2nc(C)cc2C)cc1C(F)(F)F)NCC1(C)CCCO1. The number of nitrogens with one attached hydrogen (secondary N) is 2. The molecular formula is C21H28F3N5O. The van der Waals surface area contributed by atoms with E-state index in [4.69, 9.17) is 4.74 Å². The molecule has 9 heteroatoms. The van der Waals surface area contributed by atoms with E-state index in [1.165, 1.54) is 10.7 Å². The van der Waals surface area contributed by atoms with E-state index in [1.54, 1.807) is 13.1 Å². The van der Waals surface area contributed by atoms with Crippen LogP contribution >= 0.6 is 0 Å². The van der Waals surface area contributed by atoms with Crippen LogP contribution in [0.3, 0.4) is 0 Å². The number of halogens is 3. The van der Waals surface area contributed by atoms with Gasteiger partial charge >= 0.3 is 6.18 Å². The van der Waals surface area contributed by atoms with Crippen LogP contribution in [0, 0.1) is 13.8 Å². The summed E-state index contributed by atoms with van der Waals surface area (Å²) in [5.41, 5.74) is 1.07. The van der Waals surface area contributed by atoms with E-state index in [2.05, 4.69) is 20.7 Å². The van der Waals surface area contributed by atoms with Gasteiger partial charge in [0.15, 0.2) is 5.96 Å². The molecule has 2 N–H and O–H groups in total. The van der Waals surface area contributed by atoms with Gasteiger partial charge in [0.25, 0.3) is 0 Å². The maximum absolute atomic E-state index is 13.7. The second kappa shape index (κ2) is 8.67. The summed E-state index contributed by atoms with van der Waals surface area (Å²) >= 11 is 0. The standard InChI is InChI=1S/C21H28F3N5O/c1-14-10-15(2)29(28-14)17-7-6-16(18(11-17)21(22,23)24)12-26-19(25-4)27-13-20(3)8-5-9-30-20/h6-7,10-11H,5,8-9,12-13H2,1-4H3,(H2,25,26,27). The lowest BCUT2D eigenvalue weighted by Crippen LogP contribution is -2.45. The zero-order valence-electron chi connectivity index (χ0n) is 17.7. The Bertz CT molecular complexity index is 914. The van der Waals surface area contributed by atoms with Crippen molar-refractivity contribution in [3.63, 3.8) is 0 Å². The van der Waals surface area contributed by atoms with Crippen LogP contribution < -0.4 is 10.6 Å². The van der Waals surface area contributed by atoms with Crippen LogP contribution in [0.4, 0.5) is 13.2 Å². The number of rotatable bonds is 5. The van der Waals surface area contributed by atoms with Crippen molar-refractivity contribution < 1.29 is 17.9 Å². The Morgan fingerprint density at radius 3 is 2.60 bits per heavy atom. The number of alkyl halides is 3. The molecule has 0 aliphatic carbocycles. The van der Waals surface area contributed by atoms with Gasteiger partial charge in [-0.15, -0.1) is 0 Å². The van der Waals surface area contributed by atoms with E-state index in [-0.39, 0.29) is 17.7 Å². The number of guanidine groups is 1. The van der Waals surface area contributed by atoms with E-state index >= 15 is 0 Å². The molecule has 164 valence electrons. The number of benzene rings is 1. The van der Waals surface area contributed by atoms with Crippen molar-refractivity contribution in [1.29, 1.82) is 0 Å². The molecule has 3 rings (SSSR count). The molecule has 1 saturated heterocycles. The van der Waals surface area contributed by atoms with Crippen LogP contribution in [-0.4, -0.2) is 41.5 Å². The Hall–Kier alpha value is -2.55. The first-order valence-electron chi connectivity index (χ1n) is 9.93. The summed E-state index contributed by atoms with van der Waals surface area (Å²) in [5, 5.41) is 10.4. The van der Waals surface area contributed by atoms with Gasteiger partial charge in [0.05, 0.1) is 22.5 Å². The number of hydrogen-bond donors (Lipinski definition) is 2. The fraction of sp³-hybridized carbons (Fsp3) is 0.524. The number of aryl methyl sites for hydroxylation is 2. The molecule has 1 aromatic heterocycles. The van der Waals surface area contributed by atoms with Crippen LogP contribution in [0.25, 0.3) is 5.69 Å². The number of nitrogens with zero attached hydrogens (tertiary/aromatic N) is 3. The molecule has 1 aliphatic heterocycles. The quantitative estimate of drug-likeness (QED) is 0.568. The molecule has 0 amide bonds. The van der Waals surface area contributed by atoms with E-state index in [0.717, 1.165) is 36.9 Å². The summed E-state index contributed by atoms with van der Waals surface area (Å²) < 4.78 is 48.5.